The first-order valence-electron chi connectivity index (χ1n) is 7.30. The van der Waals surface area contributed by atoms with E-state index in [9.17, 15) is 9.59 Å². The van der Waals surface area contributed by atoms with Gasteiger partial charge in [0, 0.05) is 24.8 Å². The van der Waals surface area contributed by atoms with Crippen molar-refractivity contribution < 1.29 is 9.59 Å². The van der Waals surface area contributed by atoms with E-state index in [-0.39, 0.29) is 17.9 Å². The maximum atomic E-state index is 11.9. The molecule has 0 heterocycles. The van der Waals surface area contributed by atoms with E-state index in [4.69, 9.17) is 0 Å². The van der Waals surface area contributed by atoms with Gasteiger partial charge in [0.25, 0.3) is 0 Å². The van der Waals surface area contributed by atoms with Crippen LogP contribution in [0, 0.1) is 5.92 Å². The van der Waals surface area contributed by atoms with Gasteiger partial charge >= 0.3 is 0 Å². The highest BCUT2D eigenvalue weighted by Crippen LogP contribution is 2.15. The minimum Gasteiger partial charge on any atom is -0.374 e. The van der Waals surface area contributed by atoms with Gasteiger partial charge in [-0.15, -0.1) is 0 Å². The minimum atomic E-state index is -0.329. The van der Waals surface area contributed by atoms with Gasteiger partial charge in [0.2, 0.25) is 11.8 Å². The molecule has 21 heavy (non-hydrogen) atoms. The summed E-state index contributed by atoms with van der Waals surface area (Å²) in [6, 6.07) is 6.98. The number of nitrogens with one attached hydrogen (secondary N) is 3. The molecular weight excluding hydrogens is 266 g/mol. The Morgan fingerprint density at radius 3 is 2.43 bits per heavy atom. The number of hydrogen-bond acceptors (Lipinski definition) is 3. The monoisotopic (exact) mass is 291 g/mol. The van der Waals surface area contributed by atoms with Crippen molar-refractivity contribution in [3.05, 3.63) is 24.3 Å². The molecule has 0 aliphatic rings. The summed E-state index contributed by atoms with van der Waals surface area (Å²) in [6.07, 6.45) is 0.969. The molecule has 0 aliphatic heterocycles. The molecule has 5 heteroatoms. The minimum absolute atomic E-state index is 0.0272. The fourth-order valence-electron chi connectivity index (χ4n) is 1.84. The summed E-state index contributed by atoms with van der Waals surface area (Å²) >= 11 is 0. The Morgan fingerprint density at radius 1 is 1.14 bits per heavy atom. The Hall–Kier alpha value is -2.04. The normalized spacial score (nSPS) is 11.9. The highest BCUT2D eigenvalue weighted by Gasteiger charge is 2.12. The Labute approximate surface area is 126 Å². The predicted octanol–water partition coefficient (Wildman–Crippen LogP) is 2.61. The number of benzene rings is 1. The average molecular weight is 291 g/mol. The molecule has 0 fully saturated rings. The molecule has 116 valence electrons. The second-order valence-corrected chi connectivity index (χ2v) is 5.60. The van der Waals surface area contributed by atoms with Crippen molar-refractivity contribution in [3.8, 4) is 0 Å². The smallest absolute Gasteiger partial charge is 0.242 e. The van der Waals surface area contributed by atoms with Gasteiger partial charge in [0.1, 0.15) is 6.04 Å². The van der Waals surface area contributed by atoms with Crippen LogP contribution >= 0.6 is 0 Å². The average Bonchev–Trinajstić information content (AvgIpc) is 2.37. The van der Waals surface area contributed by atoms with E-state index in [1.807, 2.05) is 19.1 Å². The number of anilines is 2. The summed E-state index contributed by atoms with van der Waals surface area (Å²) in [6.45, 7) is 8.22. The molecule has 0 aromatic heterocycles. The summed E-state index contributed by atoms with van der Waals surface area (Å²) in [7, 11) is 0. The fourth-order valence-corrected chi connectivity index (χ4v) is 1.84. The molecule has 0 saturated heterocycles. The van der Waals surface area contributed by atoms with Gasteiger partial charge in [0.05, 0.1) is 0 Å². The Kier molecular flexibility index (Phi) is 6.72. The standard InChI is InChI=1S/C16H25N3O2/c1-11(2)8-9-17-16(21)12(3)18-14-6-5-7-15(10-14)19-13(4)20/h5-7,10-12,18H,8-9H2,1-4H3,(H,17,21)(H,19,20). The first-order chi connectivity index (χ1) is 9.88. The molecule has 1 atom stereocenters. The molecule has 3 N–H and O–H groups in total. The number of hydrogen-bond donors (Lipinski definition) is 3. The van der Waals surface area contributed by atoms with Gasteiger partial charge in [0.15, 0.2) is 0 Å². The maximum absolute atomic E-state index is 11.9. The van der Waals surface area contributed by atoms with Crippen molar-refractivity contribution in [1.29, 1.82) is 0 Å². The van der Waals surface area contributed by atoms with Crippen LogP contribution in [0.3, 0.4) is 0 Å². The van der Waals surface area contributed by atoms with Crippen LogP contribution in [-0.4, -0.2) is 24.4 Å². The fraction of sp³-hybridized carbons (Fsp3) is 0.500. The summed E-state index contributed by atoms with van der Waals surface area (Å²) in [4.78, 5) is 23.0. The van der Waals surface area contributed by atoms with Crippen LogP contribution < -0.4 is 16.0 Å². The number of carbonyl (C=O) groups is 2. The van der Waals surface area contributed by atoms with E-state index in [2.05, 4.69) is 29.8 Å². The van der Waals surface area contributed by atoms with Crippen molar-refractivity contribution in [1.82, 2.24) is 5.32 Å². The van der Waals surface area contributed by atoms with E-state index in [0.717, 1.165) is 12.1 Å². The van der Waals surface area contributed by atoms with Crippen LogP contribution in [0.5, 0.6) is 0 Å². The van der Waals surface area contributed by atoms with Crippen LogP contribution in [0.15, 0.2) is 24.3 Å². The third-order valence-corrected chi connectivity index (χ3v) is 2.98. The van der Waals surface area contributed by atoms with E-state index in [1.165, 1.54) is 6.92 Å². The highest BCUT2D eigenvalue weighted by molar-refractivity contribution is 5.89. The first kappa shape index (κ1) is 17.0. The van der Waals surface area contributed by atoms with E-state index in [0.29, 0.717) is 18.2 Å². The molecule has 0 bridgehead atoms. The van der Waals surface area contributed by atoms with Gasteiger partial charge in [-0.05, 0) is 37.5 Å². The molecule has 5 nitrogen and oxygen atoms in total. The predicted molar refractivity (Wildman–Crippen MR) is 86.3 cm³/mol. The summed E-state index contributed by atoms with van der Waals surface area (Å²) in [5.74, 6) is 0.426. The third kappa shape index (κ3) is 6.79. The van der Waals surface area contributed by atoms with E-state index < -0.39 is 0 Å². The topological polar surface area (TPSA) is 70.2 Å². The van der Waals surface area contributed by atoms with Crippen LogP contribution in [0.25, 0.3) is 0 Å². The van der Waals surface area contributed by atoms with Crippen molar-refractivity contribution >= 4 is 23.2 Å². The summed E-state index contributed by atoms with van der Waals surface area (Å²) < 4.78 is 0. The van der Waals surface area contributed by atoms with Crippen LogP contribution in [0.1, 0.15) is 34.1 Å². The van der Waals surface area contributed by atoms with Crippen molar-refractivity contribution in [2.45, 2.75) is 40.2 Å². The van der Waals surface area contributed by atoms with Gasteiger partial charge < -0.3 is 16.0 Å². The summed E-state index contributed by atoms with van der Waals surface area (Å²) in [5.41, 5.74) is 1.51. The van der Waals surface area contributed by atoms with Gasteiger partial charge in [-0.1, -0.05) is 19.9 Å². The van der Waals surface area contributed by atoms with Crippen molar-refractivity contribution in [2.24, 2.45) is 5.92 Å². The molecule has 1 aromatic rings. The Bertz CT molecular complexity index is 486. The van der Waals surface area contributed by atoms with Gasteiger partial charge in [-0.3, -0.25) is 9.59 Å². The second-order valence-electron chi connectivity index (χ2n) is 5.60. The molecule has 0 radical (unpaired) electrons. The number of carbonyl (C=O) groups excluding carboxylic acids is 2. The molecule has 2 amide bonds. The lowest BCUT2D eigenvalue weighted by Crippen LogP contribution is -2.38. The zero-order valence-electron chi connectivity index (χ0n) is 13.2. The first-order valence-corrected chi connectivity index (χ1v) is 7.30. The SMILES string of the molecule is CC(=O)Nc1cccc(NC(C)C(=O)NCCC(C)C)c1. The lowest BCUT2D eigenvalue weighted by Gasteiger charge is -2.16. The lowest BCUT2D eigenvalue weighted by molar-refractivity contribution is -0.121. The van der Waals surface area contributed by atoms with E-state index in [1.54, 1.807) is 12.1 Å². The van der Waals surface area contributed by atoms with E-state index >= 15 is 0 Å². The molecule has 0 aliphatic carbocycles. The number of amides is 2. The van der Waals surface area contributed by atoms with Gasteiger partial charge in [-0.2, -0.15) is 0 Å². The Morgan fingerprint density at radius 2 is 1.81 bits per heavy atom. The van der Waals surface area contributed by atoms with Crippen LogP contribution in [-0.2, 0) is 9.59 Å². The van der Waals surface area contributed by atoms with Crippen molar-refractivity contribution in [3.63, 3.8) is 0 Å². The Balaban J connectivity index is 2.51. The molecular formula is C16H25N3O2. The molecule has 1 rings (SSSR count). The quantitative estimate of drug-likeness (QED) is 0.723. The maximum Gasteiger partial charge on any atom is 0.242 e. The van der Waals surface area contributed by atoms with Gasteiger partial charge in [-0.25, -0.2) is 0 Å². The molecule has 0 saturated carbocycles. The molecule has 0 spiro atoms. The summed E-state index contributed by atoms with van der Waals surface area (Å²) in [5, 5.41) is 8.75. The third-order valence-electron chi connectivity index (χ3n) is 2.98. The number of rotatable bonds is 7. The molecule has 1 aromatic carbocycles. The zero-order valence-corrected chi connectivity index (χ0v) is 13.2. The lowest BCUT2D eigenvalue weighted by atomic mass is 10.1. The van der Waals surface area contributed by atoms with Crippen LogP contribution in [0.4, 0.5) is 11.4 Å². The largest absolute Gasteiger partial charge is 0.374 e. The second kappa shape index (κ2) is 8.29. The molecule has 1 unspecified atom stereocenters. The van der Waals surface area contributed by atoms with Crippen LogP contribution in [0.2, 0.25) is 0 Å². The highest BCUT2D eigenvalue weighted by atomic mass is 16.2. The van der Waals surface area contributed by atoms with Crippen molar-refractivity contribution in [2.75, 3.05) is 17.2 Å². The zero-order chi connectivity index (χ0) is 15.8.